The van der Waals surface area contributed by atoms with E-state index in [1.807, 2.05) is 34.2 Å². The van der Waals surface area contributed by atoms with Gasteiger partial charge >= 0.3 is 8.56 Å². The molecule has 0 saturated carbocycles. The molecule has 1 aliphatic heterocycles. The first-order chi connectivity index (χ1) is 7.18. The van der Waals surface area contributed by atoms with E-state index in [9.17, 15) is 0 Å². The molecule has 0 N–H and O–H groups in total. The van der Waals surface area contributed by atoms with Crippen LogP contribution in [0, 0.1) is 0 Å². The van der Waals surface area contributed by atoms with E-state index < -0.39 is 8.56 Å². The number of hydrogen-bond donors (Lipinski definition) is 0. The maximum Gasteiger partial charge on any atom is 0.429 e. The average Bonchev–Trinajstić information content (AvgIpc) is 2.24. The van der Waals surface area contributed by atoms with E-state index in [4.69, 9.17) is 18.9 Å². The van der Waals surface area contributed by atoms with E-state index in [0.29, 0.717) is 0 Å². The van der Waals surface area contributed by atoms with Crippen molar-refractivity contribution in [1.82, 2.24) is 0 Å². The molecule has 4 nitrogen and oxygen atoms in total. The Balaban J connectivity index is 2.82. The van der Waals surface area contributed by atoms with Crippen LogP contribution in [0.1, 0.15) is 40.5 Å². The van der Waals surface area contributed by atoms with Crippen molar-refractivity contribution < 1.29 is 18.9 Å². The average molecular weight is 246 g/mol. The topological polar surface area (TPSA) is 36.9 Å². The minimum absolute atomic E-state index is 0.342. The Morgan fingerprint density at radius 1 is 1.00 bits per heavy atom. The molecule has 0 aliphatic carbocycles. The van der Waals surface area contributed by atoms with Crippen LogP contribution < -0.4 is 0 Å². The Morgan fingerprint density at radius 2 is 1.38 bits per heavy atom. The third kappa shape index (κ3) is 3.99. The summed E-state index contributed by atoms with van der Waals surface area (Å²) < 4.78 is 10.8. The largest absolute Gasteiger partial charge is 0.429 e. The van der Waals surface area contributed by atoms with Crippen LogP contribution >= 0.6 is 0 Å². The Kier molecular flexibility index (Phi) is 3.97. The van der Waals surface area contributed by atoms with Crippen LogP contribution in [0.2, 0.25) is 6.55 Å². The molecule has 1 fully saturated rings. The Bertz CT molecular complexity index is 243. The molecule has 5 heteroatoms. The van der Waals surface area contributed by atoms with Gasteiger partial charge in [-0.3, -0.25) is 0 Å². The third-order valence-electron chi connectivity index (χ3n) is 2.57. The highest BCUT2D eigenvalue weighted by molar-refractivity contribution is 6.70. The molecule has 16 heavy (non-hydrogen) atoms. The summed E-state index contributed by atoms with van der Waals surface area (Å²) in [5.41, 5.74) is 0.960. The van der Waals surface area contributed by atoms with Crippen molar-refractivity contribution in [1.29, 1.82) is 0 Å². The molecule has 94 valence electrons. The fraction of sp³-hybridized carbons (Fsp3) is 0.818. The third-order valence-corrected chi connectivity index (χ3v) is 4.14. The minimum Gasteiger partial charge on any atom is -0.243 e. The van der Waals surface area contributed by atoms with E-state index in [-0.39, 0.29) is 11.2 Å². The van der Waals surface area contributed by atoms with Crippen molar-refractivity contribution in [3.8, 4) is 0 Å². The molecule has 0 amide bonds. The molecule has 0 radical (unpaired) electrons. The summed E-state index contributed by atoms with van der Waals surface area (Å²) in [6.45, 7) is 13.5. The van der Waals surface area contributed by atoms with Crippen molar-refractivity contribution in [2.75, 3.05) is 0 Å². The van der Waals surface area contributed by atoms with Crippen molar-refractivity contribution in [3.05, 3.63) is 12.3 Å². The van der Waals surface area contributed by atoms with Gasteiger partial charge in [-0.25, -0.2) is 18.9 Å². The SMILES string of the molecule is C=C[Si]1(C)OOC(C)(C)CCC(C)(C)OO1. The molecule has 0 spiro atoms. The predicted octanol–water partition coefficient (Wildman–Crippen LogP) is 3.03. The second-order valence-electron chi connectivity index (χ2n) is 5.57. The molecule has 1 rings (SSSR count). The maximum atomic E-state index is 5.44. The maximum absolute atomic E-state index is 5.44. The normalized spacial score (nSPS) is 28.6. The summed E-state index contributed by atoms with van der Waals surface area (Å²) in [6, 6.07) is 0. The van der Waals surface area contributed by atoms with Gasteiger partial charge in [-0.2, -0.15) is 0 Å². The van der Waals surface area contributed by atoms with Crippen LogP contribution in [-0.2, 0) is 18.9 Å². The van der Waals surface area contributed by atoms with E-state index in [1.165, 1.54) is 0 Å². The molecule has 0 aromatic rings. The standard InChI is InChI=1S/C11H22O4Si/c1-7-16(6)14-12-10(2,3)8-9-11(4,5)13-15-16/h7H,1,8-9H2,2-6H3. The monoisotopic (exact) mass is 246 g/mol. The zero-order valence-electron chi connectivity index (χ0n) is 10.8. The summed E-state index contributed by atoms with van der Waals surface area (Å²) >= 11 is 0. The zero-order chi connectivity index (χ0) is 12.4. The first-order valence-electron chi connectivity index (χ1n) is 5.55. The van der Waals surface area contributed by atoms with Crippen LogP contribution in [0.5, 0.6) is 0 Å². The molecule has 0 aromatic heterocycles. The highest BCUT2D eigenvalue weighted by atomic mass is 28.4. The van der Waals surface area contributed by atoms with E-state index in [0.717, 1.165) is 12.8 Å². The molecular formula is C11H22O4Si. The Hall–Kier alpha value is -0.203. The van der Waals surface area contributed by atoms with Crippen LogP contribution in [0.25, 0.3) is 0 Å². The number of hydrogen-bond acceptors (Lipinski definition) is 4. The number of rotatable bonds is 1. The van der Waals surface area contributed by atoms with Crippen molar-refractivity contribution >= 4 is 8.56 Å². The van der Waals surface area contributed by atoms with Crippen molar-refractivity contribution in [3.63, 3.8) is 0 Å². The second-order valence-corrected chi connectivity index (χ2v) is 8.35. The summed E-state index contributed by atoms with van der Waals surface area (Å²) in [6.07, 6.45) is 1.68. The molecule has 0 unspecified atom stereocenters. The zero-order valence-corrected chi connectivity index (χ0v) is 11.8. The van der Waals surface area contributed by atoms with Gasteiger partial charge in [0.05, 0.1) is 11.2 Å². The van der Waals surface area contributed by atoms with Gasteiger partial charge < -0.3 is 0 Å². The fourth-order valence-corrected chi connectivity index (χ4v) is 2.10. The molecule has 1 saturated heterocycles. The molecular weight excluding hydrogens is 224 g/mol. The summed E-state index contributed by atoms with van der Waals surface area (Å²) in [4.78, 5) is 10.9. The van der Waals surface area contributed by atoms with Crippen molar-refractivity contribution in [2.45, 2.75) is 58.3 Å². The lowest BCUT2D eigenvalue weighted by molar-refractivity contribution is -0.336. The van der Waals surface area contributed by atoms with E-state index >= 15 is 0 Å². The van der Waals surface area contributed by atoms with Gasteiger partial charge in [0, 0.05) is 0 Å². The molecule has 0 aromatic carbocycles. The summed E-state index contributed by atoms with van der Waals surface area (Å²) in [5.74, 6) is 0. The lowest BCUT2D eigenvalue weighted by atomic mass is 9.94. The Labute approximate surface area is 98.6 Å². The highest BCUT2D eigenvalue weighted by Crippen LogP contribution is 2.29. The fourth-order valence-electron chi connectivity index (χ4n) is 1.16. The van der Waals surface area contributed by atoms with Gasteiger partial charge in [0.25, 0.3) is 0 Å². The quantitative estimate of drug-likeness (QED) is 0.526. The predicted molar refractivity (Wildman–Crippen MR) is 63.5 cm³/mol. The lowest BCUT2D eigenvalue weighted by Crippen LogP contribution is -2.40. The van der Waals surface area contributed by atoms with Crippen LogP contribution in [-0.4, -0.2) is 19.8 Å². The first kappa shape index (κ1) is 13.9. The van der Waals surface area contributed by atoms with Crippen LogP contribution in [0.3, 0.4) is 0 Å². The van der Waals surface area contributed by atoms with Gasteiger partial charge in [-0.05, 0) is 52.8 Å². The second kappa shape index (κ2) is 4.58. The van der Waals surface area contributed by atoms with Gasteiger partial charge in [0.1, 0.15) is 0 Å². The van der Waals surface area contributed by atoms with Gasteiger partial charge in [0.2, 0.25) is 0 Å². The van der Waals surface area contributed by atoms with Gasteiger partial charge in [0.15, 0.2) is 0 Å². The minimum atomic E-state index is -2.58. The van der Waals surface area contributed by atoms with Crippen molar-refractivity contribution in [2.24, 2.45) is 0 Å². The van der Waals surface area contributed by atoms with Gasteiger partial charge in [-0.15, -0.1) is 6.58 Å². The van der Waals surface area contributed by atoms with E-state index in [1.54, 1.807) is 5.70 Å². The summed E-state index contributed by atoms with van der Waals surface area (Å²) in [7, 11) is -2.58. The lowest BCUT2D eigenvalue weighted by Gasteiger charge is -2.26. The Morgan fingerprint density at radius 3 is 1.69 bits per heavy atom. The molecule has 1 aliphatic rings. The van der Waals surface area contributed by atoms with Gasteiger partial charge in [-0.1, -0.05) is 0 Å². The first-order valence-corrected chi connectivity index (χ1v) is 7.95. The smallest absolute Gasteiger partial charge is 0.243 e. The molecule has 1 heterocycles. The van der Waals surface area contributed by atoms with Crippen LogP contribution in [0.4, 0.5) is 0 Å². The molecule has 0 bridgehead atoms. The van der Waals surface area contributed by atoms with E-state index in [2.05, 4.69) is 6.58 Å². The van der Waals surface area contributed by atoms with Crippen LogP contribution in [0.15, 0.2) is 12.3 Å². The highest BCUT2D eigenvalue weighted by Gasteiger charge is 2.39. The summed E-state index contributed by atoms with van der Waals surface area (Å²) in [5, 5.41) is 0. The molecule has 0 atom stereocenters.